The Morgan fingerprint density at radius 3 is 2.46 bits per heavy atom. The lowest BCUT2D eigenvalue weighted by Gasteiger charge is -2.19. The Morgan fingerprint density at radius 2 is 1.81 bits per heavy atom. The molecule has 0 aliphatic heterocycles. The van der Waals surface area contributed by atoms with Gasteiger partial charge in [0.25, 0.3) is 0 Å². The van der Waals surface area contributed by atoms with Crippen LogP contribution in [0, 0.1) is 11.8 Å². The van der Waals surface area contributed by atoms with Crippen LogP contribution >= 0.6 is 7.82 Å². The third-order valence-electron chi connectivity index (χ3n) is 6.25. The number of ketones is 1. The molecule has 5 atom stereocenters. The topological polar surface area (TPSA) is 177 Å². The summed E-state index contributed by atoms with van der Waals surface area (Å²) in [5.41, 5.74) is 0. The minimum atomic E-state index is -4.77. The van der Waals surface area contributed by atoms with Gasteiger partial charge >= 0.3 is 19.8 Å². The van der Waals surface area contributed by atoms with Crippen LogP contribution in [0.25, 0.3) is 0 Å². The van der Waals surface area contributed by atoms with Crippen LogP contribution in [0.3, 0.4) is 0 Å². The lowest BCUT2D eigenvalue weighted by molar-refractivity contribution is -0.160. The highest BCUT2D eigenvalue weighted by molar-refractivity contribution is 7.46. The largest absolute Gasteiger partial charge is 0.469 e. The average Bonchev–Trinajstić information content (AvgIpc) is 3.07. The summed E-state index contributed by atoms with van der Waals surface area (Å²) in [5.74, 6) is -1.83. The number of hydrogen-bond donors (Lipinski definition) is 4. The van der Waals surface area contributed by atoms with E-state index < -0.39 is 50.6 Å². The van der Waals surface area contributed by atoms with Crippen molar-refractivity contribution in [1.29, 1.82) is 0 Å². The molecule has 0 heterocycles. The van der Waals surface area contributed by atoms with Gasteiger partial charge in [-0.1, -0.05) is 57.6 Å². The molecule has 0 unspecified atom stereocenters. The van der Waals surface area contributed by atoms with Crippen molar-refractivity contribution in [3.63, 3.8) is 0 Å². The fourth-order valence-corrected chi connectivity index (χ4v) is 4.66. The maximum Gasteiger partial charge on any atom is 0.469 e. The molecule has 0 spiro atoms. The molecule has 1 saturated carbocycles. The molecule has 4 N–H and O–H groups in total. The van der Waals surface area contributed by atoms with E-state index in [2.05, 4.69) is 11.4 Å². The number of ether oxygens (including phenoxy) is 2. The summed E-state index contributed by atoms with van der Waals surface area (Å²) in [6, 6.07) is 0. The number of carbonyl (C=O) groups is 3. The highest BCUT2D eigenvalue weighted by atomic mass is 31.2. The molecule has 1 aliphatic rings. The number of hydrogen-bond acceptors (Lipinski definition) is 9. The van der Waals surface area contributed by atoms with E-state index in [1.807, 2.05) is 0 Å². The van der Waals surface area contributed by atoms with Gasteiger partial charge in [0.15, 0.2) is 6.10 Å². The number of allylic oxidation sites excluding steroid dienone is 1. The summed E-state index contributed by atoms with van der Waals surface area (Å²) in [6.45, 7) is 2.25. The molecule has 0 aromatic heterocycles. The molecule has 0 bridgehead atoms. The van der Waals surface area contributed by atoms with Crippen molar-refractivity contribution in [3.8, 4) is 0 Å². The van der Waals surface area contributed by atoms with E-state index in [4.69, 9.17) is 19.3 Å². The number of carbonyl (C=O) groups excluding carboxylic acids is 3. The summed E-state index contributed by atoms with van der Waals surface area (Å²) < 4.78 is 25.1. The lowest BCUT2D eigenvalue weighted by atomic mass is 9.88. The number of phosphoric ester groups is 1. The molecule has 12 heteroatoms. The molecule has 1 rings (SSSR count). The van der Waals surface area contributed by atoms with Crippen LogP contribution < -0.4 is 0 Å². The molecule has 0 aromatic rings. The van der Waals surface area contributed by atoms with E-state index in [9.17, 15) is 29.2 Å². The van der Waals surface area contributed by atoms with E-state index >= 15 is 0 Å². The standard InChI is InChI=1S/C25H43O11P/c1-3-4-7-10-19(27)13-14-22-21(23(28)15-24(22)29)11-8-5-6-9-12-25(30)36-20(16-34-18(2)26)17-35-37(31,32)33/h13-14,19-23,27-28H,3-12,15-17H2,1-2H3,(H2,31,32,33)/b14-13+/t19-,20+,21+,22+,23-/m0/s1. The highest BCUT2D eigenvalue weighted by Crippen LogP contribution is 2.36. The Bertz CT molecular complexity index is 779. The predicted octanol–water partition coefficient (Wildman–Crippen LogP) is 2.97. The van der Waals surface area contributed by atoms with Gasteiger partial charge in [-0.15, -0.1) is 0 Å². The van der Waals surface area contributed by atoms with Crippen LogP contribution in [0.5, 0.6) is 0 Å². The van der Waals surface area contributed by atoms with Crippen molar-refractivity contribution >= 4 is 25.5 Å². The molecule has 1 fully saturated rings. The molecule has 11 nitrogen and oxygen atoms in total. The molecule has 0 amide bonds. The first kappa shape index (κ1) is 33.4. The van der Waals surface area contributed by atoms with E-state index in [-0.39, 0.29) is 31.1 Å². The van der Waals surface area contributed by atoms with Gasteiger partial charge in [0.1, 0.15) is 12.4 Å². The Morgan fingerprint density at radius 1 is 1.11 bits per heavy atom. The van der Waals surface area contributed by atoms with Gasteiger partial charge in [-0.05, 0) is 25.2 Å². The molecule has 1 aliphatic carbocycles. The zero-order valence-corrected chi connectivity index (χ0v) is 22.7. The zero-order valence-electron chi connectivity index (χ0n) is 21.8. The molecule has 214 valence electrons. The van der Waals surface area contributed by atoms with Crippen molar-refractivity contribution < 1.29 is 52.9 Å². The summed E-state index contributed by atoms with van der Waals surface area (Å²) in [6.07, 6.45) is 8.30. The summed E-state index contributed by atoms with van der Waals surface area (Å²) in [7, 11) is -4.77. The van der Waals surface area contributed by atoms with Crippen LogP contribution in [0.15, 0.2) is 12.2 Å². The minimum Gasteiger partial charge on any atom is -0.462 e. The van der Waals surface area contributed by atoms with Crippen LogP contribution in [0.1, 0.15) is 84.5 Å². The molecule has 0 radical (unpaired) electrons. The van der Waals surface area contributed by atoms with E-state index in [0.717, 1.165) is 39.0 Å². The van der Waals surface area contributed by atoms with Crippen LogP contribution in [-0.2, 0) is 32.9 Å². The number of esters is 2. The first-order valence-corrected chi connectivity index (χ1v) is 14.6. The average molecular weight is 551 g/mol. The van der Waals surface area contributed by atoms with Gasteiger partial charge in [-0.25, -0.2) is 4.57 Å². The first-order chi connectivity index (χ1) is 17.4. The SMILES string of the molecule is CCCCC[C@H](O)/C=C/[C@H]1C(=O)C[C@H](O)[C@@H]1CCCCCCC(=O)O[C@H](COC(C)=O)COP(=O)(O)O. The van der Waals surface area contributed by atoms with Gasteiger partial charge in [-0.3, -0.25) is 18.9 Å². The number of unbranched alkanes of at least 4 members (excludes halogenated alkanes) is 5. The summed E-state index contributed by atoms with van der Waals surface area (Å²) in [5, 5.41) is 20.4. The van der Waals surface area contributed by atoms with Crippen molar-refractivity contribution in [2.75, 3.05) is 13.2 Å². The van der Waals surface area contributed by atoms with E-state index in [0.29, 0.717) is 25.7 Å². The first-order valence-electron chi connectivity index (χ1n) is 13.0. The Labute approximate surface area is 218 Å². The fraction of sp³-hybridized carbons (Fsp3) is 0.800. The van der Waals surface area contributed by atoms with E-state index in [1.54, 1.807) is 12.2 Å². The van der Waals surface area contributed by atoms with Crippen molar-refractivity contribution in [1.82, 2.24) is 0 Å². The summed E-state index contributed by atoms with van der Waals surface area (Å²) >= 11 is 0. The highest BCUT2D eigenvalue weighted by Gasteiger charge is 2.39. The Balaban J connectivity index is 2.38. The number of rotatable bonds is 19. The second-order valence-corrected chi connectivity index (χ2v) is 10.8. The van der Waals surface area contributed by atoms with Gasteiger partial charge in [0.05, 0.1) is 18.8 Å². The monoisotopic (exact) mass is 550 g/mol. The van der Waals surface area contributed by atoms with Gasteiger partial charge in [-0.2, -0.15) is 0 Å². The van der Waals surface area contributed by atoms with Gasteiger partial charge in [0, 0.05) is 25.7 Å². The predicted molar refractivity (Wildman–Crippen MR) is 134 cm³/mol. The molecule has 37 heavy (non-hydrogen) atoms. The quantitative estimate of drug-likeness (QED) is 0.0804. The normalized spacial score (nSPS) is 21.8. The van der Waals surface area contributed by atoms with Gasteiger partial charge < -0.3 is 29.5 Å². The maximum atomic E-state index is 12.3. The van der Waals surface area contributed by atoms with Crippen molar-refractivity contribution in [2.24, 2.45) is 11.8 Å². The third kappa shape index (κ3) is 15.4. The zero-order chi connectivity index (χ0) is 27.8. The number of aliphatic hydroxyl groups excluding tert-OH is 2. The number of aliphatic hydroxyl groups is 2. The third-order valence-corrected chi connectivity index (χ3v) is 6.73. The van der Waals surface area contributed by atoms with Gasteiger partial charge in [0.2, 0.25) is 0 Å². The lowest BCUT2D eigenvalue weighted by Crippen LogP contribution is -2.29. The van der Waals surface area contributed by atoms with Crippen LogP contribution in [-0.4, -0.2) is 69.2 Å². The van der Waals surface area contributed by atoms with Crippen LogP contribution in [0.4, 0.5) is 0 Å². The second-order valence-electron chi connectivity index (χ2n) is 9.53. The maximum absolute atomic E-state index is 12.3. The van der Waals surface area contributed by atoms with Crippen molar-refractivity contribution in [2.45, 2.75) is 103 Å². The van der Waals surface area contributed by atoms with Crippen LogP contribution in [0.2, 0.25) is 0 Å². The van der Waals surface area contributed by atoms with E-state index in [1.165, 1.54) is 0 Å². The Kier molecular flexibility index (Phi) is 16.1. The summed E-state index contributed by atoms with van der Waals surface area (Å²) in [4.78, 5) is 53.0. The second kappa shape index (κ2) is 17.8. The Hall–Kier alpha value is -1.62. The minimum absolute atomic E-state index is 0.0108. The smallest absolute Gasteiger partial charge is 0.462 e. The van der Waals surface area contributed by atoms with Crippen molar-refractivity contribution in [3.05, 3.63) is 12.2 Å². The number of Topliss-reactive ketones (excluding diaryl/α,β-unsaturated/α-hetero) is 1. The molecule has 0 saturated heterocycles. The molecular formula is C25H43O11P. The number of phosphoric acid groups is 1. The molecule has 0 aromatic carbocycles. The molecular weight excluding hydrogens is 507 g/mol. The fourth-order valence-electron chi connectivity index (χ4n) is 4.30.